The van der Waals surface area contributed by atoms with Gasteiger partial charge in [-0.25, -0.2) is 0 Å². The molecule has 2 heteroatoms. The fourth-order valence-corrected chi connectivity index (χ4v) is 1.19. The maximum atomic E-state index is 5.78. The van der Waals surface area contributed by atoms with E-state index in [0.29, 0.717) is 0 Å². The highest BCUT2D eigenvalue weighted by Gasteiger charge is 2.22. The molecule has 1 rings (SSSR count). The molecule has 0 bridgehead atoms. The van der Waals surface area contributed by atoms with E-state index in [9.17, 15) is 0 Å². The second-order valence-electron chi connectivity index (χ2n) is 3.84. The zero-order valence-corrected chi connectivity index (χ0v) is 7.89. The summed E-state index contributed by atoms with van der Waals surface area (Å²) < 4.78 is 0. The molecule has 1 saturated heterocycles. The molecule has 0 N–H and O–H groups in total. The van der Waals surface area contributed by atoms with Gasteiger partial charge in [-0.3, -0.25) is 4.84 Å². The third-order valence-electron chi connectivity index (χ3n) is 2.29. The predicted octanol–water partition coefficient (Wildman–Crippen LogP) is 2.20. The van der Waals surface area contributed by atoms with E-state index in [1.54, 1.807) is 0 Å². The first-order chi connectivity index (χ1) is 5.14. The molecule has 1 fully saturated rings. The molecule has 0 unspecified atom stereocenters. The molecule has 2 nitrogen and oxygen atoms in total. The summed E-state index contributed by atoms with van der Waals surface area (Å²) in [4.78, 5) is 5.78. The van der Waals surface area contributed by atoms with Gasteiger partial charge in [0.1, 0.15) is 0 Å². The Balaban J connectivity index is 2.28. The maximum Gasteiger partial charge on any atom is 0.0841 e. The standard InChI is InChI=1S/C9H19NO/c1-4-9(2,3)11-10-7-5-6-8-10/h4-8H2,1-3H3. The lowest BCUT2D eigenvalue weighted by atomic mass is 10.1. The first kappa shape index (κ1) is 9.01. The van der Waals surface area contributed by atoms with E-state index >= 15 is 0 Å². The van der Waals surface area contributed by atoms with E-state index in [-0.39, 0.29) is 5.60 Å². The lowest BCUT2D eigenvalue weighted by Crippen LogP contribution is -2.33. The van der Waals surface area contributed by atoms with Crippen LogP contribution in [0.15, 0.2) is 0 Å². The summed E-state index contributed by atoms with van der Waals surface area (Å²) in [5.74, 6) is 0. The molecule has 0 amide bonds. The van der Waals surface area contributed by atoms with Crippen molar-refractivity contribution in [3.63, 3.8) is 0 Å². The molecule has 66 valence electrons. The highest BCUT2D eigenvalue weighted by Crippen LogP contribution is 2.19. The average Bonchev–Trinajstić information content (AvgIpc) is 2.39. The fraction of sp³-hybridized carbons (Fsp3) is 1.00. The Morgan fingerprint density at radius 3 is 2.27 bits per heavy atom. The lowest BCUT2D eigenvalue weighted by Gasteiger charge is -2.28. The van der Waals surface area contributed by atoms with Crippen LogP contribution in [-0.2, 0) is 4.84 Å². The molecule has 0 aromatic heterocycles. The van der Waals surface area contributed by atoms with E-state index in [1.807, 2.05) is 0 Å². The smallest absolute Gasteiger partial charge is 0.0841 e. The van der Waals surface area contributed by atoms with Crippen LogP contribution in [0.2, 0.25) is 0 Å². The van der Waals surface area contributed by atoms with Gasteiger partial charge in [0.05, 0.1) is 5.60 Å². The molecule has 0 spiro atoms. The van der Waals surface area contributed by atoms with Crippen molar-refractivity contribution < 1.29 is 4.84 Å². The molecule has 0 atom stereocenters. The minimum Gasteiger partial charge on any atom is -0.293 e. The Hall–Kier alpha value is -0.0800. The Morgan fingerprint density at radius 1 is 1.27 bits per heavy atom. The first-order valence-electron chi connectivity index (χ1n) is 4.58. The molecule has 0 aromatic carbocycles. The number of nitrogens with zero attached hydrogens (tertiary/aromatic N) is 1. The van der Waals surface area contributed by atoms with E-state index < -0.39 is 0 Å². The molecular formula is C9H19NO. The van der Waals surface area contributed by atoms with Crippen LogP contribution in [0, 0.1) is 0 Å². The van der Waals surface area contributed by atoms with Gasteiger partial charge in [-0.05, 0) is 33.1 Å². The second kappa shape index (κ2) is 3.55. The summed E-state index contributed by atoms with van der Waals surface area (Å²) in [5, 5.41) is 2.10. The van der Waals surface area contributed by atoms with Crippen molar-refractivity contribution in [1.29, 1.82) is 0 Å². The van der Waals surface area contributed by atoms with Crippen LogP contribution in [0.1, 0.15) is 40.0 Å². The summed E-state index contributed by atoms with van der Waals surface area (Å²) in [6.07, 6.45) is 3.66. The Morgan fingerprint density at radius 2 is 1.82 bits per heavy atom. The normalized spacial score (nSPS) is 21.0. The van der Waals surface area contributed by atoms with Gasteiger partial charge < -0.3 is 0 Å². The van der Waals surface area contributed by atoms with Gasteiger partial charge in [0, 0.05) is 13.1 Å². The van der Waals surface area contributed by atoms with E-state index in [4.69, 9.17) is 4.84 Å². The molecule has 11 heavy (non-hydrogen) atoms. The van der Waals surface area contributed by atoms with Gasteiger partial charge in [0.15, 0.2) is 0 Å². The summed E-state index contributed by atoms with van der Waals surface area (Å²) in [6, 6.07) is 0. The quantitative estimate of drug-likeness (QED) is 0.622. The maximum absolute atomic E-state index is 5.78. The third-order valence-corrected chi connectivity index (χ3v) is 2.29. The largest absolute Gasteiger partial charge is 0.293 e. The highest BCUT2D eigenvalue weighted by molar-refractivity contribution is 4.66. The fourth-order valence-electron chi connectivity index (χ4n) is 1.19. The molecule has 1 heterocycles. The molecule has 0 aromatic rings. The van der Waals surface area contributed by atoms with Gasteiger partial charge in [0.25, 0.3) is 0 Å². The molecule has 0 aliphatic carbocycles. The SMILES string of the molecule is CCC(C)(C)ON1CCCC1. The van der Waals surface area contributed by atoms with Crippen LogP contribution in [-0.4, -0.2) is 23.8 Å². The Kier molecular flexibility index (Phi) is 2.90. The lowest BCUT2D eigenvalue weighted by molar-refractivity contribution is -0.224. The first-order valence-corrected chi connectivity index (χ1v) is 4.58. The van der Waals surface area contributed by atoms with Gasteiger partial charge in [-0.1, -0.05) is 6.92 Å². The minimum absolute atomic E-state index is 0.0321. The predicted molar refractivity (Wildman–Crippen MR) is 46.3 cm³/mol. The topological polar surface area (TPSA) is 12.5 Å². The van der Waals surface area contributed by atoms with Crippen LogP contribution in [0.4, 0.5) is 0 Å². The third kappa shape index (κ3) is 2.80. The van der Waals surface area contributed by atoms with Crippen molar-refractivity contribution in [1.82, 2.24) is 5.06 Å². The van der Waals surface area contributed by atoms with E-state index in [2.05, 4.69) is 25.8 Å². The molecule has 1 aliphatic heterocycles. The van der Waals surface area contributed by atoms with Gasteiger partial charge in [-0.2, -0.15) is 5.06 Å². The van der Waals surface area contributed by atoms with Crippen LogP contribution in [0.3, 0.4) is 0 Å². The van der Waals surface area contributed by atoms with E-state index in [0.717, 1.165) is 19.5 Å². The number of hydrogen-bond donors (Lipinski definition) is 0. The molecule has 1 aliphatic rings. The summed E-state index contributed by atoms with van der Waals surface area (Å²) in [6.45, 7) is 8.68. The van der Waals surface area contributed by atoms with Crippen LogP contribution >= 0.6 is 0 Å². The average molecular weight is 157 g/mol. The Bertz CT molecular complexity index is 117. The van der Waals surface area contributed by atoms with E-state index in [1.165, 1.54) is 12.8 Å². The summed E-state index contributed by atoms with van der Waals surface area (Å²) in [7, 11) is 0. The van der Waals surface area contributed by atoms with Gasteiger partial charge in [0.2, 0.25) is 0 Å². The van der Waals surface area contributed by atoms with Crippen molar-refractivity contribution in [3.8, 4) is 0 Å². The zero-order valence-electron chi connectivity index (χ0n) is 7.89. The number of hydroxylamine groups is 2. The van der Waals surface area contributed by atoms with Crippen molar-refractivity contribution >= 4 is 0 Å². The van der Waals surface area contributed by atoms with Crippen molar-refractivity contribution in [2.45, 2.75) is 45.6 Å². The number of hydrogen-bond acceptors (Lipinski definition) is 2. The van der Waals surface area contributed by atoms with Crippen LogP contribution in [0.25, 0.3) is 0 Å². The Labute approximate surface area is 69.5 Å². The summed E-state index contributed by atoms with van der Waals surface area (Å²) in [5.41, 5.74) is 0.0321. The molecule has 0 saturated carbocycles. The molecule has 0 radical (unpaired) electrons. The number of rotatable bonds is 3. The van der Waals surface area contributed by atoms with Gasteiger partial charge in [-0.15, -0.1) is 0 Å². The van der Waals surface area contributed by atoms with Crippen LogP contribution in [0.5, 0.6) is 0 Å². The van der Waals surface area contributed by atoms with Crippen molar-refractivity contribution in [2.24, 2.45) is 0 Å². The highest BCUT2D eigenvalue weighted by atomic mass is 16.7. The minimum atomic E-state index is 0.0321. The molecular weight excluding hydrogens is 138 g/mol. The van der Waals surface area contributed by atoms with Crippen LogP contribution < -0.4 is 0 Å². The summed E-state index contributed by atoms with van der Waals surface area (Å²) >= 11 is 0. The zero-order chi connectivity index (χ0) is 8.32. The second-order valence-corrected chi connectivity index (χ2v) is 3.84. The monoisotopic (exact) mass is 157 g/mol. The van der Waals surface area contributed by atoms with Crippen molar-refractivity contribution in [3.05, 3.63) is 0 Å². The van der Waals surface area contributed by atoms with Crippen molar-refractivity contribution in [2.75, 3.05) is 13.1 Å². The van der Waals surface area contributed by atoms with Gasteiger partial charge >= 0.3 is 0 Å².